The minimum absolute atomic E-state index is 0.0924. The number of ketones is 6. The Morgan fingerprint density at radius 1 is 0.455 bits per heavy atom. The molecule has 33 heavy (non-hydrogen) atoms. The third-order valence-corrected chi connectivity index (χ3v) is 4.61. The molecule has 3 aliphatic carbocycles. The van der Waals surface area contributed by atoms with E-state index in [0.717, 1.165) is 6.08 Å². The number of aliphatic hydroxyl groups is 1. The van der Waals surface area contributed by atoms with Crippen LogP contribution < -0.4 is 0 Å². The van der Waals surface area contributed by atoms with Gasteiger partial charge in [0.25, 0.3) is 0 Å². The molecule has 0 atom stereocenters. The number of benzene rings is 2. The Labute approximate surface area is 188 Å². The maximum atomic E-state index is 11.3. The summed E-state index contributed by atoms with van der Waals surface area (Å²) in [7, 11) is 0. The lowest BCUT2D eigenvalue weighted by atomic mass is 9.94. The Hall–Kier alpha value is -4.78. The fourth-order valence-corrected chi connectivity index (χ4v) is 2.98. The van der Waals surface area contributed by atoms with E-state index in [2.05, 4.69) is 0 Å². The molecule has 0 bridgehead atoms. The van der Waals surface area contributed by atoms with Gasteiger partial charge in [0.15, 0.2) is 34.7 Å². The number of rotatable bonds is 0. The summed E-state index contributed by atoms with van der Waals surface area (Å²) in [6, 6.07) is 13.3. The molecule has 0 amide bonds. The zero-order valence-corrected chi connectivity index (χ0v) is 17.1. The third-order valence-electron chi connectivity index (χ3n) is 4.61. The van der Waals surface area contributed by atoms with Gasteiger partial charge in [-0.1, -0.05) is 48.5 Å². The topological polar surface area (TPSA) is 123 Å². The van der Waals surface area contributed by atoms with Crippen molar-refractivity contribution in [2.24, 2.45) is 0 Å². The predicted octanol–water partition coefficient (Wildman–Crippen LogP) is 3.38. The predicted molar refractivity (Wildman–Crippen MR) is 118 cm³/mol. The SMILES string of the molecule is O=C1C=C(O)C(=O)c2ccccc21.O=C1C=CC(=O)C=C1.O=C1C=CC(=O)c2ccccc21. The van der Waals surface area contributed by atoms with Crippen molar-refractivity contribution in [1.29, 1.82) is 0 Å². The molecule has 5 rings (SSSR count). The number of hydrogen-bond donors (Lipinski definition) is 1. The van der Waals surface area contributed by atoms with Crippen LogP contribution in [-0.2, 0) is 9.59 Å². The maximum absolute atomic E-state index is 11.3. The summed E-state index contributed by atoms with van der Waals surface area (Å²) >= 11 is 0. The average Bonchev–Trinajstić information content (AvgIpc) is 2.83. The van der Waals surface area contributed by atoms with Crippen molar-refractivity contribution < 1.29 is 33.9 Å². The minimum atomic E-state index is -0.491. The highest BCUT2D eigenvalue weighted by Crippen LogP contribution is 2.19. The van der Waals surface area contributed by atoms with E-state index in [9.17, 15) is 28.8 Å². The Morgan fingerprint density at radius 2 is 0.818 bits per heavy atom. The molecule has 162 valence electrons. The van der Waals surface area contributed by atoms with E-state index < -0.39 is 11.5 Å². The van der Waals surface area contributed by atoms with E-state index in [1.54, 1.807) is 42.5 Å². The van der Waals surface area contributed by atoms with Crippen LogP contribution in [0.2, 0.25) is 0 Å². The number of carbonyl (C=O) groups is 6. The Morgan fingerprint density at radius 3 is 1.24 bits per heavy atom. The molecule has 0 saturated heterocycles. The van der Waals surface area contributed by atoms with Crippen LogP contribution in [0.4, 0.5) is 0 Å². The molecule has 0 saturated carbocycles. The highest BCUT2D eigenvalue weighted by molar-refractivity contribution is 6.23. The lowest BCUT2D eigenvalue weighted by Crippen LogP contribution is -2.16. The first-order chi connectivity index (χ1) is 15.8. The number of fused-ring (bicyclic) bond motifs is 2. The molecule has 7 heteroatoms. The summed E-state index contributed by atoms with van der Waals surface area (Å²) < 4.78 is 0. The standard InChI is InChI=1S/C10H6O3.C10H6O2.C6H4O2/c11-8-5-9(12)10(13)7-4-2-1-3-6(7)8;11-9-5-6-10(12)8-4-2-1-3-7(8)9;7-5-1-2-6(8)4-3-5/h1-5,12H;1-6H;1-4H. The van der Waals surface area contributed by atoms with Crippen molar-refractivity contribution in [3.63, 3.8) is 0 Å². The van der Waals surface area contributed by atoms with E-state index in [4.69, 9.17) is 5.11 Å². The van der Waals surface area contributed by atoms with E-state index in [0.29, 0.717) is 16.7 Å². The van der Waals surface area contributed by atoms with Gasteiger partial charge in [-0.25, -0.2) is 0 Å². The van der Waals surface area contributed by atoms with Crippen LogP contribution in [-0.4, -0.2) is 39.8 Å². The van der Waals surface area contributed by atoms with Crippen LogP contribution in [0, 0.1) is 0 Å². The Kier molecular flexibility index (Phi) is 6.95. The Balaban J connectivity index is 0.000000143. The molecule has 0 fully saturated rings. The van der Waals surface area contributed by atoms with E-state index in [1.165, 1.54) is 42.5 Å². The molecule has 3 aliphatic rings. The summed E-state index contributed by atoms with van der Waals surface area (Å²) in [6.07, 6.45) is 8.58. The first-order valence-electron chi connectivity index (χ1n) is 9.66. The fraction of sp³-hybridized carbons (Fsp3) is 0. The molecule has 0 heterocycles. The van der Waals surface area contributed by atoms with Crippen molar-refractivity contribution in [1.82, 2.24) is 0 Å². The second-order valence-electron chi connectivity index (χ2n) is 6.85. The van der Waals surface area contributed by atoms with E-state index >= 15 is 0 Å². The molecular formula is C26H16O7. The average molecular weight is 440 g/mol. The van der Waals surface area contributed by atoms with Crippen LogP contribution in [0.15, 0.2) is 96.8 Å². The minimum Gasteiger partial charge on any atom is -0.504 e. The quantitative estimate of drug-likeness (QED) is 0.623. The van der Waals surface area contributed by atoms with Gasteiger partial charge in [0.05, 0.1) is 0 Å². The molecule has 0 radical (unpaired) electrons. The summed E-state index contributed by atoms with van der Waals surface area (Å²) in [4.78, 5) is 65.5. The molecule has 2 aromatic rings. The van der Waals surface area contributed by atoms with Crippen LogP contribution >= 0.6 is 0 Å². The maximum Gasteiger partial charge on any atom is 0.228 e. The lowest BCUT2D eigenvalue weighted by Gasteiger charge is -2.09. The third kappa shape index (κ3) is 5.48. The number of hydrogen-bond acceptors (Lipinski definition) is 7. The van der Waals surface area contributed by atoms with Gasteiger partial charge in [-0.15, -0.1) is 0 Å². The first kappa shape index (κ1) is 22.9. The second kappa shape index (κ2) is 10.0. The van der Waals surface area contributed by atoms with Crippen LogP contribution in [0.3, 0.4) is 0 Å². The lowest BCUT2D eigenvalue weighted by molar-refractivity contribution is -0.113. The number of aliphatic hydroxyl groups excluding tert-OH is 1. The highest BCUT2D eigenvalue weighted by Gasteiger charge is 2.24. The van der Waals surface area contributed by atoms with Gasteiger partial charge in [0.1, 0.15) is 0 Å². The summed E-state index contributed by atoms with van der Waals surface area (Å²) in [5.74, 6) is -1.73. The van der Waals surface area contributed by atoms with Gasteiger partial charge in [-0.05, 0) is 36.5 Å². The van der Waals surface area contributed by atoms with Crippen molar-refractivity contribution in [3.05, 3.63) is 119 Å². The van der Waals surface area contributed by atoms with Crippen molar-refractivity contribution in [3.8, 4) is 0 Å². The Bertz CT molecular complexity index is 1240. The summed E-state index contributed by atoms with van der Waals surface area (Å²) in [5.41, 5.74) is 1.63. The molecule has 1 N–H and O–H groups in total. The largest absolute Gasteiger partial charge is 0.504 e. The summed E-state index contributed by atoms with van der Waals surface area (Å²) in [6.45, 7) is 0. The van der Waals surface area contributed by atoms with Gasteiger partial charge >= 0.3 is 0 Å². The summed E-state index contributed by atoms with van der Waals surface area (Å²) in [5, 5.41) is 9.09. The molecule has 2 aromatic carbocycles. The van der Waals surface area contributed by atoms with Gasteiger partial charge < -0.3 is 5.11 Å². The zero-order valence-electron chi connectivity index (χ0n) is 17.1. The van der Waals surface area contributed by atoms with E-state index in [-0.39, 0.29) is 34.5 Å². The normalized spacial score (nSPS) is 15.6. The number of carbonyl (C=O) groups excluding carboxylic acids is 6. The van der Waals surface area contributed by atoms with Crippen LogP contribution in [0.25, 0.3) is 0 Å². The first-order valence-corrected chi connectivity index (χ1v) is 9.66. The molecule has 0 aliphatic heterocycles. The number of allylic oxidation sites excluding steroid dienone is 8. The molecule has 0 unspecified atom stereocenters. The van der Waals surface area contributed by atoms with Crippen molar-refractivity contribution in [2.75, 3.05) is 0 Å². The van der Waals surface area contributed by atoms with Gasteiger partial charge in [0, 0.05) is 28.3 Å². The number of Topliss-reactive ketones (excluding diaryl/α,β-unsaturated/α-hetero) is 1. The smallest absolute Gasteiger partial charge is 0.228 e. The van der Waals surface area contributed by atoms with Crippen LogP contribution in [0.1, 0.15) is 41.4 Å². The van der Waals surface area contributed by atoms with Gasteiger partial charge in [-0.2, -0.15) is 0 Å². The van der Waals surface area contributed by atoms with Crippen LogP contribution in [0.5, 0.6) is 0 Å². The van der Waals surface area contributed by atoms with Gasteiger partial charge in [0.2, 0.25) is 5.78 Å². The molecular weight excluding hydrogens is 424 g/mol. The molecule has 7 nitrogen and oxygen atoms in total. The highest BCUT2D eigenvalue weighted by atomic mass is 16.3. The van der Waals surface area contributed by atoms with Crippen molar-refractivity contribution in [2.45, 2.75) is 0 Å². The monoisotopic (exact) mass is 440 g/mol. The molecule has 0 aromatic heterocycles. The van der Waals surface area contributed by atoms with Gasteiger partial charge in [-0.3, -0.25) is 28.8 Å². The fourth-order valence-electron chi connectivity index (χ4n) is 2.98. The van der Waals surface area contributed by atoms with E-state index in [1.807, 2.05) is 0 Å². The second-order valence-corrected chi connectivity index (χ2v) is 6.85. The molecule has 0 spiro atoms. The zero-order chi connectivity index (χ0) is 24.0. The van der Waals surface area contributed by atoms with Crippen molar-refractivity contribution >= 4 is 34.7 Å².